The second-order valence-electron chi connectivity index (χ2n) is 6.33. The molecule has 120 valence electrons. The first-order valence-corrected chi connectivity index (χ1v) is 8.27. The summed E-state index contributed by atoms with van der Waals surface area (Å²) in [6.45, 7) is 3.07. The third-order valence-electron chi connectivity index (χ3n) is 4.72. The molecule has 4 heteroatoms. The van der Waals surface area contributed by atoms with Crippen molar-refractivity contribution in [3.05, 3.63) is 65.6 Å². The molecular weight excluding hydrogens is 301 g/mol. The molecule has 1 saturated heterocycles. The number of hydrogen-bond donors (Lipinski definition) is 0. The van der Waals surface area contributed by atoms with Gasteiger partial charge in [0, 0.05) is 23.8 Å². The largest absolute Gasteiger partial charge is 0.316 e. The minimum absolute atomic E-state index is 0.206. The first kappa shape index (κ1) is 14.9. The van der Waals surface area contributed by atoms with E-state index in [1.165, 1.54) is 18.9 Å². The van der Waals surface area contributed by atoms with E-state index < -0.39 is 0 Å². The summed E-state index contributed by atoms with van der Waals surface area (Å²) in [5.74, 6) is -0.206. The predicted octanol–water partition coefficient (Wildman–Crippen LogP) is 4.24. The molecule has 0 spiro atoms. The molecule has 0 amide bonds. The minimum atomic E-state index is -0.206. The fourth-order valence-corrected chi connectivity index (χ4v) is 3.49. The average molecular weight is 319 g/mol. The maximum Gasteiger partial charge on any atom is 0.123 e. The molecule has 0 unspecified atom stereocenters. The Labute approximate surface area is 140 Å². The van der Waals surface area contributed by atoms with Gasteiger partial charge >= 0.3 is 0 Å². The van der Waals surface area contributed by atoms with Crippen molar-refractivity contribution < 1.29 is 4.39 Å². The van der Waals surface area contributed by atoms with Crippen LogP contribution in [-0.2, 0) is 6.54 Å². The molecule has 1 aromatic heterocycles. The number of benzene rings is 2. The zero-order valence-corrected chi connectivity index (χ0v) is 13.4. The molecule has 0 radical (unpaired) electrons. The zero-order chi connectivity index (χ0) is 16.5. The highest BCUT2D eigenvalue weighted by Gasteiger charge is 2.16. The third kappa shape index (κ3) is 2.68. The van der Waals surface area contributed by atoms with Gasteiger partial charge in [0.15, 0.2) is 0 Å². The van der Waals surface area contributed by atoms with Crippen LogP contribution in [0, 0.1) is 17.1 Å². The third-order valence-corrected chi connectivity index (χ3v) is 4.72. The monoisotopic (exact) mass is 319 g/mol. The van der Waals surface area contributed by atoms with Crippen molar-refractivity contribution in [2.75, 3.05) is 13.1 Å². The summed E-state index contributed by atoms with van der Waals surface area (Å²) in [5, 5.41) is 9.92. The van der Waals surface area contributed by atoms with E-state index >= 15 is 0 Å². The van der Waals surface area contributed by atoms with Crippen LogP contribution in [0.25, 0.3) is 16.6 Å². The maximum absolute atomic E-state index is 13.8. The second-order valence-corrected chi connectivity index (χ2v) is 6.33. The van der Waals surface area contributed by atoms with Gasteiger partial charge in [0.05, 0.1) is 17.1 Å². The number of likely N-dealkylation sites (tertiary alicyclic amines) is 1. The molecule has 3 nitrogen and oxygen atoms in total. The number of aromatic nitrogens is 1. The average Bonchev–Trinajstić information content (AvgIpc) is 3.24. The molecule has 0 atom stereocenters. The van der Waals surface area contributed by atoms with Crippen molar-refractivity contribution >= 4 is 10.9 Å². The number of halogens is 1. The lowest BCUT2D eigenvalue weighted by Gasteiger charge is -2.13. The topological polar surface area (TPSA) is 32.0 Å². The fraction of sp³-hybridized carbons (Fsp3) is 0.250. The summed E-state index contributed by atoms with van der Waals surface area (Å²) in [7, 11) is 0. The van der Waals surface area contributed by atoms with Crippen LogP contribution in [-0.4, -0.2) is 22.6 Å². The molecule has 0 aliphatic carbocycles. The van der Waals surface area contributed by atoms with E-state index in [0.717, 1.165) is 41.8 Å². The second kappa shape index (κ2) is 6.10. The number of hydrogen-bond acceptors (Lipinski definition) is 2. The van der Waals surface area contributed by atoms with Crippen molar-refractivity contribution in [1.29, 1.82) is 5.26 Å². The van der Waals surface area contributed by atoms with Crippen molar-refractivity contribution in [1.82, 2.24) is 9.47 Å². The summed E-state index contributed by atoms with van der Waals surface area (Å²) >= 11 is 0. The molecule has 0 N–H and O–H groups in total. The highest BCUT2D eigenvalue weighted by atomic mass is 19.1. The Morgan fingerprint density at radius 2 is 1.79 bits per heavy atom. The van der Waals surface area contributed by atoms with Crippen LogP contribution in [0.1, 0.15) is 24.0 Å². The Morgan fingerprint density at radius 3 is 2.50 bits per heavy atom. The van der Waals surface area contributed by atoms with Crippen LogP contribution in [0.4, 0.5) is 4.39 Å². The summed E-state index contributed by atoms with van der Waals surface area (Å²) in [5.41, 5.74) is 3.77. The highest BCUT2D eigenvalue weighted by molar-refractivity contribution is 5.85. The Hall–Kier alpha value is -2.64. The highest BCUT2D eigenvalue weighted by Crippen LogP contribution is 2.28. The van der Waals surface area contributed by atoms with Gasteiger partial charge in [-0.1, -0.05) is 0 Å². The zero-order valence-electron chi connectivity index (χ0n) is 13.4. The first-order valence-electron chi connectivity index (χ1n) is 8.27. The van der Waals surface area contributed by atoms with Crippen molar-refractivity contribution in [3.8, 4) is 11.8 Å². The molecule has 24 heavy (non-hydrogen) atoms. The van der Waals surface area contributed by atoms with Crippen LogP contribution >= 0.6 is 0 Å². The molecule has 3 aromatic rings. The fourth-order valence-electron chi connectivity index (χ4n) is 3.49. The quantitative estimate of drug-likeness (QED) is 0.723. The van der Waals surface area contributed by atoms with Gasteiger partial charge in [-0.25, -0.2) is 4.39 Å². The van der Waals surface area contributed by atoms with Crippen LogP contribution in [0.5, 0.6) is 0 Å². The Balaban J connectivity index is 1.81. The summed E-state index contributed by atoms with van der Waals surface area (Å²) in [6, 6.07) is 14.6. The lowest BCUT2D eigenvalue weighted by Crippen LogP contribution is -2.18. The Bertz CT molecular complexity index is 912. The normalized spacial score (nSPS) is 15.0. The molecule has 2 heterocycles. The van der Waals surface area contributed by atoms with Crippen LogP contribution in [0.15, 0.2) is 48.7 Å². The van der Waals surface area contributed by atoms with Crippen molar-refractivity contribution in [3.63, 3.8) is 0 Å². The molecular formula is C20H18FN3. The maximum atomic E-state index is 13.8. The smallest absolute Gasteiger partial charge is 0.123 e. The Kier molecular flexibility index (Phi) is 3.79. The number of rotatable bonds is 3. The van der Waals surface area contributed by atoms with E-state index in [9.17, 15) is 4.39 Å². The molecule has 0 bridgehead atoms. The van der Waals surface area contributed by atoms with Gasteiger partial charge in [0.2, 0.25) is 0 Å². The Morgan fingerprint density at radius 1 is 1.04 bits per heavy atom. The van der Waals surface area contributed by atoms with E-state index in [4.69, 9.17) is 5.26 Å². The van der Waals surface area contributed by atoms with Crippen molar-refractivity contribution in [2.45, 2.75) is 19.4 Å². The van der Waals surface area contributed by atoms with Crippen LogP contribution in [0.3, 0.4) is 0 Å². The summed E-state index contributed by atoms with van der Waals surface area (Å²) in [4.78, 5) is 2.42. The minimum Gasteiger partial charge on any atom is -0.316 e. The number of fused-ring (bicyclic) bond motifs is 1. The molecule has 1 aliphatic rings. The van der Waals surface area contributed by atoms with Gasteiger partial charge in [0.1, 0.15) is 5.82 Å². The van der Waals surface area contributed by atoms with Crippen LogP contribution in [0.2, 0.25) is 0 Å². The molecule has 2 aromatic carbocycles. The molecule has 1 fully saturated rings. The van der Waals surface area contributed by atoms with Gasteiger partial charge in [-0.15, -0.1) is 0 Å². The lowest BCUT2D eigenvalue weighted by atomic mass is 10.1. The van der Waals surface area contributed by atoms with E-state index in [0.29, 0.717) is 5.56 Å². The SMILES string of the molecule is N#Cc1ccc(-n2cc(CN3CCCC3)c3cc(F)ccc32)cc1. The van der Waals surface area contributed by atoms with E-state index in [2.05, 4.69) is 21.7 Å². The number of nitrogens with zero attached hydrogens (tertiary/aromatic N) is 3. The van der Waals surface area contributed by atoms with Gasteiger partial charge in [0.25, 0.3) is 0 Å². The van der Waals surface area contributed by atoms with E-state index in [1.807, 2.05) is 30.3 Å². The van der Waals surface area contributed by atoms with Crippen LogP contribution < -0.4 is 0 Å². The first-order chi connectivity index (χ1) is 11.7. The van der Waals surface area contributed by atoms with Crippen molar-refractivity contribution in [2.24, 2.45) is 0 Å². The molecule has 4 rings (SSSR count). The molecule has 1 aliphatic heterocycles. The standard InChI is InChI=1S/C20H18FN3/c21-17-5-8-20-19(11-17)16(13-23-9-1-2-10-23)14-24(20)18-6-3-15(12-22)4-7-18/h3-8,11,14H,1-2,9-10,13H2. The van der Waals surface area contributed by atoms with Gasteiger partial charge in [-0.05, 0) is 74.0 Å². The van der Waals surface area contributed by atoms with Gasteiger partial charge in [-0.2, -0.15) is 5.26 Å². The lowest BCUT2D eigenvalue weighted by molar-refractivity contribution is 0.332. The summed E-state index contributed by atoms with van der Waals surface area (Å²) < 4.78 is 15.9. The number of nitriles is 1. The van der Waals surface area contributed by atoms with E-state index in [1.54, 1.807) is 6.07 Å². The predicted molar refractivity (Wildman–Crippen MR) is 92.5 cm³/mol. The molecule has 0 saturated carbocycles. The van der Waals surface area contributed by atoms with Gasteiger partial charge in [-0.3, -0.25) is 4.90 Å². The van der Waals surface area contributed by atoms with E-state index in [-0.39, 0.29) is 5.82 Å². The summed E-state index contributed by atoms with van der Waals surface area (Å²) in [6.07, 6.45) is 4.58. The van der Waals surface area contributed by atoms with Gasteiger partial charge < -0.3 is 4.57 Å².